The van der Waals surface area contributed by atoms with Crippen LogP contribution in [0.15, 0.2) is 30.6 Å². The van der Waals surface area contributed by atoms with Crippen molar-refractivity contribution in [2.45, 2.75) is 0 Å². The Hall–Kier alpha value is -1.86. The molecule has 1 heterocycles. The van der Waals surface area contributed by atoms with Crippen LogP contribution in [0.2, 0.25) is 0 Å². The van der Waals surface area contributed by atoms with Gasteiger partial charge in [-0.3, -0.25) is 9.67 Å². The van der Waals surface area contributed by atoms with Crippen LogP contribution >= 0.6 is 12.2 Å². The van der Waals surface area contributed by atoms with E-state index in [4.69, 9.17) is 18.6 Å². The number of terminal acetylenes is 1. The van der Waals surface area contributed by atoms with Gasteiger partial charge in [0.05, 0.1) is 5.69 Å². The SMILES string of the molecule is C#Cc1ccccc1-n1cn[nH]c1=S. The molecule has 0 bridgehead atoms. The average Bonchev–Trinajstić information content (AvgIpc) is 2.64. The number of aromatic nitrogens is 3. The number of hydrogen-bond acceptors (Lipinski definition) is 2. The summed E-state index contributed by atoms with van der Waals surface area (Å²) in [7, 11) is 0. The van der Waals surface area contributed by atoms with Gasteiger partial charge in [-0.2, -0.15) is 5.10 Å². The van der Waals surface area contributed by atoms with Crippen molar-refractivity contribution in [3.8, 4) is 18.0 Å². The van der Waals surface area contributed by atoms with Crippen LogP contribution in [0.3, 0.4) is 0 Å². The van der Waals surface area contributed by atoms with E-state index in [1.165, 1.54) is 0 Å². The molecule has 68 valence electrons. The van der Waals surface area contributed by atoms with Crippen molar-refractivity contribution in [2.24, 2.45) is 0 Å². The third-order valence-corrected chi connectivity index (χ3v) is 2.16. The molecule has 2 rings (SSSR count). The normalized spacial score (nSPS) is 9.64. The largest absolute Gasteiger partial charge is 0.273 e. The number of nitrogens with one attached hydrogen (secondary N) is 1. The minimum Gasteiger partial charge on any atom is -0.273 e. The number of benzene rings is 1. The van der Waals surface area contributed by atoms with Gasteiger partial charge in [0.25, 0.3) is 0 Å². The molecule has 0 saturated carbocycles. The second-order valence-corrected chi connectivity index (χ2v) is 3.08. The zero-order valence-corrected chi connectivity index (χ0v) is 8.08. The Kier molecular flexibility index (Phi) is 2.17. The summed E-state index contributed by atoms with van der Waals surface area (Å²) in [4.78, 5) is 0. The summed E-state index contributed by atoms with van der Waals surface area (Å²) in [6.07, 6.45) is 6.99. The quantitative estimate of drug-likeness (QED) is 0.565. The zero-order chi connectivity index (χ0) is 9.97. The smallest absolute Gasteiger partial charge is 0.199 e. The Morgan fingerprint density at radius 2 is 2.21 bits per heavy atom. The summed E-state index contributed by atoms with van der Waals surface area (Å²) in [5.41, 5.74) is 1.67. The highest BCUT2D eigenvalue weighted by molar-refractivity contribution is 7.71. The van der Waals surface area contributed by atoms with E-state index in [2.05, 4.69) is 16.1 Å². The number of nitrogens with zero attached hydrogens (tertiary/aromatic N) is 2. The van der Waals surface area contributed by atoms with Gasteiger partial charge < -0.3 is 0 Å². The Balaban J connectivity index is 2.70. The average molecular weight is 201 g/mol. The molecule has 4 heteroatoms. The third kappa shape index (κ3) is 1.34. The number of H-pyrrole nitrogens is 1. The predicted octanol–water partition coefficient (Wildman–Crippen LogP) is 1.91. The summed E-state index contributed by atoms with van der Waals surface area (Å²) < 4.78 is 2.28. The van der Waals surface area contributed by atoms with E-state index < -0.39 is 0 Å². The van der Waals surface area contributed by atoms with Crippen LogP contribution < -0.4 is 0 Å². The lowest BCUT2D eigenvalue weighted by Crippen LogP contribution is -1.95. The number of para-hydroxylation sites is 1. The third-order valence-electron chi connectivity index (χ3n) is 1.87. The summed E-state index contributed by atoms with van der Waals surface area (Å²) in [6.45, 7) is 0. The van der Waals surface area contributed by atoms with E-state index in [9.17, 15) is 0 Å². The zero-order valence-electron chi connectivity index (χ0n) is 7.27. The molecule has 0 aliphatic heterocycles. The van der Waals surface area contributed by atoms with E-state index >= 15 is 0 Å². The molecular formula is C10H7N3S. The molecule has 0 fully saturated rings. The van der Waals surface area contributed by atoms with Crippen LogP contribution in [0.4, 0.5) is 0 Å². The molecule has 0 spiro atoms. The van der Waals surface area contributed by atoms with Gasteiger partial charge in [-0.25, -0.2) is 0 Å². The van der Waals surface area contributed by atoms with E-state index in [1.807, 2.05) is 24.3 Å². The van der Waals surface area contributed by atoms with Gasteiger partial charge in [-0.15, -0.1) is 6.42 Å². The molecule has 0 aliphatic carbocycles. The van der Waals surface area contributed by atoms with Crippen LogP contribution in [0.5, 0.6) is 0 Å². The predicted molar refractivity (Wildman–Crippen MR) is 56.7 cm³/mol. The molecule has 1 aromatic carbocycles. The van der Waals surface area contributed by atoms with Crippen LogP contribution in [0.25, 0.3) is 5.69 Å². The molecule has 3 nitrogen and oxygen atoms in total. The standard InChI is InChI=1S/C10H7N3S/c1-2-8-5-3-4-6-9(8)13-7-11-12-10(13)14/h1,3-7H,(H,12,14). The maximum absolute atomic E-state index is 5.38. The maximum atomic E-state index is 5.38. The Morgan fingerprint density at radius 3 is 2.86 bits per heavy atom. The highest BCUT2D eigenvalue weighted by Crippen LogP contribution is 2.12. The van der Waals surface area contributed by atoms with Crippen molar-refractivity contribution < 1.29 is 0 Å². The van der Waals surface area contributed by atoms with Crippen molar-refractivity contribution in [3.05, 3.63) is 40.9 Å². The fourth-order valence-corrected chi connectivity index (χ4v) is 1.42. The maximum Gasteiger partial charge on any atom is 0.199 e. The Labute approximate surface area is 86.4 Å². The van der Waals surface area contributed by atoms with Gasteiger partial charge in [0.2, 0.25) is 0 Å². The molecule has 0 unspecified atom stereocenters. The lowest BCUT2D eigenvalue weighted by Gasteiger charge is -2.03. The first-order valence-electron chi connectivity index (χ1n) is 4.01. The molecule has 0 saturated heterocycles. The van der Waals surface area contributed by atoms with E-state index in [1.54, 1.807) is 10.9 Å². The van der Waals surface area contributed by atoms with Gasteiger partial charge in [0.1, 0.15) is 6.33 Å². The number of aromatic amines is 1. The van der Waals surface area contributed by atoms with Crippen LogP contribution in [-0.2, 0) is 0 Å². The molecule has 0 amide bonds. The fourth-order valence-electron chi connectivity index (χ4n) is 1.23. The first kappa shape index (κ1) is 8.73. The molecule has 0 atom stereocenters. The monoisotopic (exact) mass is 201 g/mol. The summed E-state index contributed by atoms with van der Waals surface area (Å²) in [5, 5.41) is 6.52. The second-order valence-electron chi connectivity index (χ2n) is 2.69. The van der Waals surface area contributed by atoms with Crippen molar-refractivity contribution in [2.75, 3.05) is 0 Å². The number of hydrogen-bond donors (Lipinski definition) is 1. The van der Waals surface area contributed by atoms with Gasteiger partial charge in [0, 0.05) is 5.56 Å². The Bertz CT molecular complexity index is 545. The summed E-state index contributed by atoms with van der Waals surface area (Å²) in [6, 6.07) is 7.57. The first-order valence-corrected chi connectivity index (χ1v) is 4.42. The van der Waals surface area contributed by atoms with Gasteiger partial charge in [-0.1, -0.05) is 18.1 Å². The van der Waals surface area contributed by atoms with Crippen molar-refractivity contribution in [1.29, 1.82) is 0 Å². The van der Waals surface area contributed by atoms with Crippen LogP contribution in [0.1, 0.15) is 5.56 Å². The molecule has 0 aliphatic rings. The van der Waals surface area contributed by atoms with Crippen molar-refractivity contribution in [3.63, 3.8) is 0 Å². The van der Waals surface area contributed by atoms with Crippen molar-refractivity contribution in [1.82, 2.24) is 14.8 Å². The van der Waals surface area contributed by atoms with E-state index in [0.29, 0.717) is 4.77 Å². The summed E-state index contributed by atoms with van der Waals surface area (Å²) in [5.74, 6) is 2.60. The van der Waals surface area contributed by atoms with Crippen LogP contribution in [0, 0.1) is 17.1 Å². The van der Waals surface area contributed by atoms with Gasteiger partial charge in [0.15, 0.2) is 4.77 Å². The highest BCUT2D eigenvalue weighted by Gasteiger charge is 2.02. The highest BCUT2D eigenvalue weighted by atomic mass is 32.1. The molecule has 0 radical (unpaired) electrons. The van der Waals surface area contributed by atoms with E-state index in [0.717, 1.165) is 11.3 Å². The fraction of sp³-hybridized carbons (Fsp3) is 0. The molecule has 1 aromatic heterocycles. The van der Waals surface area contributed by atoms with Gasteiger partial charge >= 0.3 is 0 Å². The van der Waals surface area contributed by atoms with Crippen LogP contribution in [-0.4, -0.2) is 14.8 Å². The van der Waals surface area contributed by atoms with Gasteiger partial charge in [-0.05, 0) is 24.4 Å². The first-order chi connectivity index (χ1) is 6.83. The topological polar surface area (TPSA) is 33.6 Å². The minimum atomic E-state index is 0.535. The molecule has 1 N–H and O–H groups in total. The van der Waals surface area contributed by atoms with Crippen molar-refractivity contribution >= 4 is 12.2 Å². The molecule has 2 aromatic rings. The lowest BCUT2D eigenvalue weighted by atomic mass is 10.2. The Morgan fingerprint density at radius 1 is 1.43 bits per heavy atom. The molecule has 14 heavy (non-hydrogen) atoms. The second kappa shape index (κ2) is 3.48. The number of rotatable bonds is 1. The molecular weight excluding hydrogens is 194 g/mol. The minimum absolute atomic E-state index is 0.535. The lowest BCUT2D eigenvalue weighted by molar-refractivity contribution is 1.03. The summed E-state index contributed by atoms with van der Waals surface area (Å²) >= 11 is 5.05. The van der Waals surface area contributed by atoms with E-state index in [-0.39, 0.29) is 0 Å².